The fourth-order valence-electron chi connectivity index (χ4n) is 1.64. The number of benzene rings is 1. The summed E-state index contributed by atoms with van der Waals surface area (Å²) in [6.07, 6.45) is 3.64. The van der Waals surface area contributed by atoms with Gasteiger partial charge in [0.1, 0.15) is 0 Å². The van der Waals surface area contributed by atoms with Gasteiger partial charge in [-0.15, -0.1) is 0 Å². The van der Waals surface area contributed by atoms with Crippen molar-refractivity contribution in [3.05, 3.63) is 42.2 Å². The van der Waals surface area contributed by atoms with Crippen molar-refractivity contribution < 1.29 is 9.59 Å². The Hall–Kier alpha value is -3.16. The largest absolute Gasteiger partial charge is 0.331 e. The van der Waals surface area contributed by atoms with E-state index in [1.54, 1.807) is 30.5 Å². The zero-order valence-corrected chi connectivity index (χ0v) is 11.3. The van der Waals surface area contributed by atoms with Gasteiger partial charge in [0.25, 0.3) is 5.91 Å². The molecule has 0 aliphatic carbocycles. The van der Waals surface area contributed by atoms with Crippen LogP contribution in [0.15, 0.2) is 41.7 Å². The molecular weight excluding hydrogens is 272 g/mol. The van der Waals surface area contributed by atoms with Gasteiger partial charge in [0.15, 0.2) is 0 Å². The smallest absolute Gasteiger partial charge is 0.260 e. The number of carbonyl (C=O) groups is 2. The average Bonchev–Trinajstić information content (AvgIpc) is 3.00. The van der Waals surface area contributed by atoms with E-state index in [4.69, 9.17) is 0 Å². The lowest BCUT2D eigenvalue weighted by atomic mass is 10.1. The number of imidazole rings is 1. The zero-order chi connectivity index (χ0) is 15.1. The molecule has 108 valence electrons. The summed E-state index contributed by atoms with van der Waals surface area (Å²) in [6.45, 7) is 0. The second-order valence-electron chi connectivity index (χ2n) is 3.90. The molecule has 2 rings (SSSR count). The Labute approximate surface area is 120 Å². The van der Waals surface area contributed by atoms with Crippen molar-refractivity contribution in [2.75, 3.05) is 17.7 Å². The second-order valence-corrected chi connectivity index (χ2v) is 3.90. The Kier molecular flexibility index (Phi) is 4.65. The Bertz CT molecular complexity index is 650. The van der Waals surface area contributed by atoms with Crippen LogP contribution in [0.1, 0.15) is 10.4 Å². The van der Waals surface area contributed by atoms with Crippen LogP contribution in [-0.4, -0.2) is 35.3 Å². The van der Waals surface area contributed by atoms with Gasteiger partial charge >= 0.3 is 0 Å². The Morgan fingerprint density at radius 1 is 1.33 bits per heavy atom. The predicted molar refractivity (Wildman–Crippen MR) is 79.2 cm³/mol. The van der Waals surface area contributed by atoms with Gasteiger partial charge in [-0.3, -0.25) is 25.2 Å². The first-order valence-corrected chi connectivity index (χ1v) is 6.08. The summed E-state index contributed by atoms with van der Waals surface area (Å²) < 4.78 is 0. The van der Waals surface area contributed by atoms with Gasteiger partial charge in [-0.05, 0) is 12.1 Å². The van der Waals surface area contributed by atoms with Crippen molar-refractivity contribution in [2.45, 2.75) is 0 Å². The van der Waals surface area contributed by atoms with Crippen molar-refractivity contribution >= 4 is 29.9 Å². The molecule has 8 heteroatoms. The van der Waals surface area contributed by atoms with E-state index in [-0.39, 0.29) is 11.9 Å². The molecule has 21 heavy (non-hydrogen) atoms. The van der Waals surface area contributed by atoms with E-state index in [1.165, 1.54) is 13.2 Å². The highest BCUT2D eigenvalue weighted by Gasteiger charge is 2.13. The number of hydrogen-bond acceptors (Lipinski definition) is 4. The summed E-state index contributed by atoms with van der Waals surface area (Å²) in [7, 11) is 1.52. The molecule has 2 aromatic rings. The van der Waals surface area contributed by atoms with E-state index in [1.807, 2.05) is 0 Å². The van der Waals surface area contributed by atoms with Crippen LogP contribution in [0.25, 0.3) is 0 Å². The third-order valence-corrected chi connectivity index (χ3v) is 2.57. The minimum atomic E-state index is -0.338. The van der Waals surface area contributed by atoms with Gasteiger partial charge < -0.3 is 10.3 Å². The summed E-state index contributed by atoms with van der Waals surface area (Å²) in [5.41, 5.74) is 0.902. The normalized spacial score (nSPS) is 10.8. The summed E-state index contributed by atoms with van der Waals surface area (Å²) in [4.78, 5) is 33.3. The molecule has 0 atom stereocenters. The van der Waals surface area contributed by atoms with Crippen molar-refractivity contribution in [1.82, 2.24) is 15.3 Å². The number of nitrogens with zero attached hydrogens (tertiary/aromatic N) is 2. The fraction of sp³-hybridized carbons (Fsp3) is 0.0769. The van der Waals surface area contributed by atoms with Crippen LogP contribution in [0.4, 0.5) is 11.6 Å². The number of rotatable bonds is 4. The van der Waals surface area contributed by atoms with Crippen molar-refractivity contribution in [2.24, 2.45) is 4.99 Å². The van der Waals surface area contributed by atoms with Gasteiger partial charge in [-0.25, -0.2) is 4.98 Å². The molecule has 0 fully saturated rings. The molecule has 4 N–H and O–H groups in total. The van der Waals surface area contributed by atoms with Crippen LogP contribution in [0.2, 0.25) is 0 Å². The molecule has 2 amide bonds. The van der Waals surface area contributed by atoms with Crippen molar-refractivity contribution in [3.8, 4) is 0 Å². The lowest BCUT2D eigenvalue weighted by Crippen LogP contribution is -2.30. The zero-order valence-electron chi connectivity index (χ0n) is 11.3. The van der Waals surface area contributed by atoms with Crippen LogP contribution in [0.5, 0.6) is 0 Å². The molecule has 1 heterocycles. The van der Waals surface area contributed by atoms with E-state index in [0.717, 1.165) is 0 Å². The van der Waals surface area contributed by atoms with Gasteiger partial charge in [-0.2, -0.15) is 0 Å². The first-order valence-electron chi connectivity index (χ1n) is 6.08. The lowest BCUT2D eigenvalue weighted by Gasteiger charge is -2.12. The molecule has 8 nitrogen and oxygen atoms in total. The molecule has 0 saturated carbocycles. The standard InChI is InChI=1S/C13H14N6O2/c1-14-12(17-8-20)18-10-5-3-2-4-9(10)11(21)19-13-15-6-7-16-13/h2-8H,1H3,(H2,14,17,18,20)(H2,15,16,19,21). The van der Waals surface area contributed by atoms with Crippen LogP contribution in [0, 0.1) is 0 Å². The average molecular weight is 286 g/mol. The number of aromatic nitrogens is 2. The van der Waals surface area contributed by atoms with E-state index in [2.05, 4.69) is 30.9 Å². The molecule has 1 aromatic carbocycles. The maximum Gasteiger partial charge on any atom is 0.260 e. The third kappa shape index (κ3) is 3.66. The molecule has 0 saturated heterocycles. The monoisotopic (exact) mass is 286 g/mol. The van der Waals surface area contributed by atoms with Gasteiger partial charge in [-0.1, -0.05) is 12.1 Å². The number of carbonyl (C=O) groups excluding carboxylic acids is 2. The van der Waals surface area contributed by atoms with E-state index in [9.17, 15) is 9.59 Å². The number of anilines is 2. The van der Waals surface area contributed by atoms with Gasteiger partial charge in [0.05, 0.1) is 11.3 Å². The van der Waals surface area contributed by atoms with E-state index >= 15 is 0 Å². The summed E-state index contributed by atoms with van der Waals surface area (Å²) in [5, 5.41) is 7.90. The van der Waals surface area contributed by atoms with Crippen LogP contribution < -0.4 is 16.0 Å². The minimum absolute atomic E-state index is 0.239. The fourth-order valence-corrected chi connectivity index (χ4v) is 1.64. The topological polar surface area (TPSA) is 111 Å². The molecule has 1 aromatic heterocycles. The summed E-state index contributed by atoms with van der Waals surface area (Å²) >= 11 is 0. The minimum Gasteiger partial charge on any atom is -0.331 e. The quantitative estimate of drug-likeness (QED) is 0.378. The van der Waals surface area contributed by atoms with E-state index in [0.29, 0.717) is 23.6 Å². The molecule has 0 spiro atoms. The van der Waals surface area contributed by atoms with Crippen LogP contribution in [0.3, 0.4) is 0 Å². The predicted octanol–water partition coefficient (Wildman–Crippen LogP) is 0.806. The first-order chi connectivity index (χ1) is 10.2. The second kappa shape index (κ2) is 6.85. The molecule has 0 unspecified atom stereocenters. The molecule has 0 bridgehead atoms. The number of guanidine groups is 1. The lowest BCUT2D eigenvalue weighted by molar-refractivity contribution is -0.108. The van der Waals surface area contributed by atoms with Crippen molar-refractivity contribution in [3.63, 3.8) is 0 Å². The number of nitrogens with one attached hydrogen (secondary N) is 4. The summed E-state index contributed by atoms with van der Waals surface area (Å²) in [5.74, 6) is 0.253. The molecule has 0 aliphatic rings. The highest BCUT2D eigenvalue weighted by Crippen LogP contribution is 2.16. The third-order valence-electron chi connectivity index (χ3n) is 2.57. The van der Waals surface area contributed by atoms with E-state index < -0.39 is 0 Å². The Morgan fingerprint density at radius 3 is 2.81 bits per heavy atom. The number of aliphatic imine (C=N–C) groups is 1. The number of H-pyrrole nitrogens is 1. The van der Waals surface area contributed by atoms with Gasteiger partial charge in [0, 0.05) is 19.4 Å². The number of para-hydroxylation sites is 1. The van der Waals surface area contributed by atoms with Crippen LogP contribution in [-0.2, 0) is 4.79 Å². The SMILES string of the molecule is CN=C(NC=O)Nc1ccccc1C(=O)Nc1ncc[nH]1. The first kappa shape index (κ1) is 14.3. The number of hydrogen-bond donors (Lipinski definition) is 4. The molecule has 0 radical (unpaired) electrons. The highest BCUT2D eigenvalue weighted by atomic mass is 16.2. The van der Waals surface area contributed by atoms with Gasteiger partial charge in [0.2, 0.25) is 18.3 Å². The maximum absolute atomic E-state index is 12.2. The van der Waals surface area contributed by atoms with Crippen molar-refractivity contribution in [1.29, 1.82) is 0 Å². The Balaban J connectivity index is 2.20. The molecular formula is C13H14N6O2. The number of amides is 2. The summed E-state index contributed by atoms with van der Waals surface area (Å²) in [6, 6.07) is 6.85. The number of aromatic amines is 1. The maximum atomic E-state index is 12.2. The Morgan fingerprint density at radius 2 is 2.14 bits per heavy atom. The van der Waals surface area contributed by atoms with Crippen LogP contribution >= 0.6 is 0 Å². The highest BCUT2D eigenvalue weighted by molar-refractivity contribution is 6.10. The molecule has 0 aliphatic heterocycles.